The van der Waals surface area contributed by atoms with Gasteiger partial charge in [0, 0.05) is 6.54 Å². The minimum absolute atomic E-state index is 0.655. The zero-order valence-electron chi connectivity index (χ0n) is 10.2. The Morgan fingerprint density at radius 3 is 2.31 bits per heavy atom. The van der Waals surface area contributed by atoms with E-state index in [2.05, 4.69) is 17.0 Å². The predicted octanol–water partition coefficient (Wildman–Crippen LogP) is 1.78. The number of rotatable bonds is 8. The first-order valence-corrected chi connectivity index (χ1v) is 5.63. The maximum Gasteiger partial charge on any atom is 0.0718 e. The Morgan fingerprint density at radius 2 is 1.62 bits per heavy atom. The summed E-state index contributed by atoms with van der Waals surface area (Å²) in [5.74, 6) is 0. The average molecular weight is 223 g/mol. The first-order chi connectivity index (χ1) is 7.79. The van der Waals surface area contributed by atoms with Gasteiger partial charge in [0.25, 0.3) is 0 Å². The molecule has 1 aromatic carbocycles. The highest BCUT2D eigenvalue weighted by Gasteiger charge is 1.93. The second-order valence-electron chi connectivity index (χ2n) is 3.95. The molecule has 0 bridgehead atoms. The number of likely N-dealkylation sites (N-methyl/N-ethyl adjacent to an activating group) is 1. The summed E-state index contributed by atoms with van der Waals surface area (Å²) in [6, 6.07) is 10.2. The standard InChI is InChI=1S/C13H21NO2/c1-14(2)8-9-15-10-11-16-12-13-6-4-3-5-7-13/h3-7H,8-12H2,1-2H3. The SMILES string of the molecule is CN(C)CCOCCOCc1ccccc1. The van der Waals surface area contributed by atoms with Crippen LogP contribution < -0.4 is 0 Å². The Morgan fingerprint density at radius 1 is 0.938 bits per heavy atom. The molecule has 0 radical (unpaired) electrons. The van der Waals surface area contributed by atoms with Gasteiger partial charge in [0.05, 0.1) is 26.4 Å². The summed E-state index contributed by atoms with van der Waals surface area (Å²) in [5, 5.41) is 0. The van der Waals surface area contributed by atoms with Crippen molar-refractivity contribution in [1.29, 1.82) is 0 Å². The lowest BCUT2D eigenvalue weighted by Crippen LogP contribution is -2.19. The predicted molar refractivity (Wildman–Crippen MR) is 65.5 cm³/mol. The van der Waals surface area contributed by atoms with E-state index in [9.17, 15) is 0 Å². The van der Waals surface area contributed by atoms with Crippen LogP contribution in [0, 0.1) is 0 Å². The molecule has 0 N–H and O–H groups in total. The first-order valence-electron chi connectivity index (χ1n) is 5.63. The van der Waals surface area contributed by atoms with Gasteiger partial charge in [-0.25, -0.2) is 0 Å². The van der Waals surface area contributed by atoms with Gasteiger partial charge >= 0.3 is 0 Å². The minimum Gasteiger partial charge on any atom is -0.378 e. The molecular formula is C13H21NO2. The molecule has 3 heteroatoms. The summed E-state index contributed by atoms with van der Waals surface area (Å²) in [5.41, 5.74) is 1.20. The van der Waals surface area contributed by atoms with E-state index in [1.807, 2.05) is 32.3 Å². The minimum atomic E-state index is 0.655. The topological polar surface area (TPSA) is 21.7 Å². The van der Waals surface area contributed by atoms with Crippen LogP contribution in [-0.4, -0.2) is 45.4 Å². The van der Waals surface area contributed by atoms with Crippen LogP contribution in [0.2, 0.25) is 0 Å². The molecule has 0 amide bonds. The van der Waals surface area contributed by atoms with Crippen LogP contribution in [0.15, 0.2) is 30.3 Å². The molecule has 0 aliphatic heterocycles. The summed E-state index contributed by atoms with van der Waals surface area (Å²) in [6.45, 7) is 3.71. The van der Waals surface area contributed by atoms with Crippen LogP contribution in [0.4, 0.5) is 0 Å². The maximum absolute atomic E-state index is 5.49. The third-order valence-electron chi connectivity index (χ3n) is 2.17. The van der Waals surface area contributed by atoms with Gasteiger partial charge in [0.1, 0.15) is 0 Å². The van der Waals surface area contributed by atoms with Gasteiger partial charge in [-0.2, -0.15) is 0 Å². The Labute approximate surface area is 98.0 Å². The van der Waals surface area contributed by atoms with Crippen molar-refractivity contribution in [2.24, 2.45) is 0 Å². The molecule has 0 aliphatic rings. The van der Waals surface area contributed by atoms with Crippen molar-refractivity contribution >= 4 is 0 Å². The van der Waals surface area contributed by atoms with Gasteiger partial charge in [-0.1, -0.05) is 30.3 Å². The monoisotopic (exact) mass is 223 g/mol. The molecule has 0 spiro atoms. The molecule has 90 valence electrons. The second-order valence-corrected chi connectivity index (χ2v) is 3.95. The third-order valence-corrected chi connectivity index (χ3v) is 2.17. The van der Waals surface area contributed by atoms with Gasteiger partial charge < -0.3 is 14.4 Å². The highest BCUT2D eigenvalue weighted by molar-refractivity contribution is 5.13. The van der Waals surface area contributed by atoms with Crippen molar-refractivity contribution in [3.8, 4) is 0 Å². The lowest BCUT2D eigenvalue weighted by atomic mass is 10.2. The van der Waals surface area contributed by atoms with Gasteiger partial charge in [0.15, 0.2) is 0 Å². The number of benzene rings is 1. The molecule has 0 aliphatic carbocycles. The van der Waals surface area contributed by atoms with Crippen LogP contribution in [-0.2, 0) is 16.1 Å². The molecule has 0 atom stereocenters. The van der Waals surface area contributed by atoms with Crippen LogP contribution in [0.3, 0.4) is 0 Å². The van der Waals surface area contributed by atoms with E-state index in [0.29, 0.717) is 19.8 Å². The molecule has 0 saturated carbocycles. The van der Waals surface area contributed by atoms with Crippen LogP contribution >= 0.6 is 0 Å². The fourth-order valence-electron chi connectivity index (χ4n) is 1.23. The van der Waals surface area contributed by atoms with Gasteiger partial charge in [0.2, 0.25) is 0 Å². The number of ether oxygens (including phenoxy) is 2. The zero-order valence-corrected chi connectivity index (χ0v) is 10.2. The van der Waals surface area contributed by atoms with Crippen molar-refractivity contribution in [3.63, 3.8) is 0 Å². The van der Waals surface area contributed by atoms with Crippen LogP contribution in [0.5, 0.6) is 0 Å². The average Bonchev–Trinajstić information content (AvgIpc) is 2.29. The van der Waals surface area contributed by atoms with Crippen molar-refractivity contribution in [2.75, 3.05) is 40.5 Å². The van der Waals surface area contributed by atoms with Crippen molar-refractivity contribution < 1.29 is 9.47 Å². The second kappa shape index (κ2) is 8.28. The highest BCUT2D eigenvalue weighted by Crippen LogP contribution is 1.99. The van der Waals surface area contributed by atoms with Gasteiger partial charge in [-0.15, -0.1) is 0 Å². The zero-order chi connectivity index (χ0) is 11.6. The van der Waals surface area contributed by atoms with Gasteiger partial charge in [-0.05, 0) is 19.7 Å². The Bertz CT molecular complexity index is 262. The molecule has 16 heavy (non-hydrogen) atoms. The fraction of sp³-hybridized carbons (Fsp3) is 0.538. The molecule has 3 nitrogen and oxygen atoms in total. The van der Waals surface area contributed by atoms with Crippen molar-refractivity contribution in [3.05, 3.63) is 35.9 Å². The van der Waals surface area contributed by atoms with E-state index in [4.69, 9.17) is 9.47 Å². The largest absolute Gasteiger partial charge is 0.378 e. The molecule has 1 rings (SSSR count). The Kier molecular flexibility index (Phi) is 6.81. The summed E-state index contributed by atoms with van der Waals surface area (Å²) in [7, 11) is 4.07. The first kappa shape index (κ1) is 13.2. The number of nitrogens with zero attached hydrogens (tertiary/aromatic N) is 1. The van der Waals surface area contributed by atoms with Gasteiger partial charge in [-0.3, -0.25) is 0 Å². The van der Waals surface area contributed by atoms with E-state index < -0.39 is 0 Å². The molecule has 1 aromatic rings. The lowest BCUT2D eigenvalue weighted by Gasteiger charge is -2.10. The van der Waals surface area contributed by atoms with E-state index in [-0.39, 0.29) is 0 Å². The van der Waals surface area contributed by atoms with Crippen LogP contribution in [0.25, 0.3) is 0 Å². The molecule has 0 heterocycles. The lowest BCUT2D eigenvalue weighted by molar-refractivity contribution is 0.0361. The number of hydrogen-bond donors (Lipinski definition) is 0. The van der Waals surface area contributed by atoms with Crippen molar-refractivity contribution in [2.45, 2.75) is 6.61 Å². The highest BCUT2D eigenvalue weighted by atomic mass is 16.5. The summed E-state index contributed by atoms with van der Waals surface area (Å²) >= 11 is 0. The molecule has 0 aromatic heterocycles. The Hall–Kier alpha value is -0.900. The van der Waals surface area contributed by atoms with E-state index in [1.165, 1.54) is 5.56 Å². The molecule has 0 unspecified atom stereocenters. The smallest absolute Gasteiger partial charge is 0.0718 e. The van der Waals surface area contributed by atoms with Crippen molar-refractivity contribution in [1.82, 2.24) is 4.90 Å². The van der Waals surface area contributed by atoms with Crippen LogP contribution in [0.1, 0.15) is 5.56 Å². The number of hydrogen-bond acceptors (Lipinski definition) is 3. The van der Waals surface area contributed by atoms with E-state index >= 15 is 0 Å². The summed E-state index contributed by atoms with van der Waals surface area (Å²) in [4.78, 5) is 2.10. The quantitative estimate of drug-likeness (QED) is 0.627. The fourth-order valence-corrected chi connectivity index (χ4v) is 1.23. The molecule has 0 fully saturated rings. The van der Waals surface area contributed by atoms with E-state index in [0.717, 1.165) is 13.2 Å². The molecular weight excluding hydrogens is 202 g/mol. The van der Waals surface area contributed by atoms with E-state index in [1.54, 1.807) is 0 Å². The third kappa shape index (κ3) is 6.56. The molecule has 0 saturated heterocycles. The maximum atomic E-state index is 5.49. The Balaban J connectivity index is 1.93. The summed E-state index contributed by atoms with van der Waals surface area (Å²) in [6.07, 6.45) is 0. The summed E-state index contributed by atoms with van der Waals surface area (Å²) < 4.78 is 10.9. The normalized spacial score (nSPS) is 10.9.